The molecule has 0 bridgehead atoms. The van der Waals surface area contributed by atoms with E-state index in [4.69, 9.17) is 4.74 Å². The van der Waals surface area contributed by atoms with Gasteiger partial charge in [-0.2, -0.15) is 0 Å². The van der Waals surface area contributed by atoms with Crippen LogP contribution in [0.3, 0.4) is 0 Å². The van der Waals surface area contributed by atoms with E-state index in [1.54, 1.807) is 18.3 Å². The maximum atomic E-state index is 11.2. The number of nitrogens with zero attached hydrogens (tertiary/aromatic N) is 3. The molecule has 0 saturated carbocycles. The van der Waals surface area contributed by atoms with E-state index < -0.39 is 0 Å². The average Bonchev–Trinajstić information content (AvgIpc) is 2.92. The van der Waals surface area contributed by atoms with Crippen molar-refractivity contribution >= 4 is 12.1 Å². The van der Waals surface area contributed by atoms with Crippen molar-refractivity contribution in [1.82, 2.24) is 9.88 Å². The third kappa shape index (κ3) is 5.44. The molecule has 6 heteroatoms. The molecule has 6 nitrogen and oxygen atoms in total. The molecule has 2 heterocycles. The summed E-state index contributed by atoms with van der Waals surface area (Å²) >= 11 is 0. The number of phenols is 1. The van der Waals surface area contributed by atoms with Crippen molar-refractivity contribution in [2.75, 3.05) is 38.1 Å². The lowest BCUT2D eigenvalue weighted by Crippen LogP contribution is -2.30. The molecule has 1 aliphatic heterocycles. The van der Waals surface area contributed by atoms with Gasteiger partial charge in [0.1, 0.15) is 23.9 Å². The Labute approximate surface area is 161 Å². The largest absolute Gasteiger partial charge is 0.507 e. The highest BCUT2D eigenvalue weighted by Crippen LogP contribution is 2.27. The van der Waals surface area contributed by atoms with E-state index in [1.807, 2.05) is 26.0 Å². The lowest BCUT2D eigenvalue weighted by molar-refractivity contribution is 0.111. The summed E-state index contributed by atoms with van der Waals surface area (Å²) in [7, 11) is 2.13. The summed E-state index contributed by atoms with van der Waals surface area (Å²) in [4.78, 5) is 20.3. The standard InChI is InChI=1S/C19H23N3O3.C2H6/c1-21-9-4-10-22(12-11-21)19-15(5-3-8-20-19)14-25-18-7-2-6-17(24)16(18)13-23;1-2/h2-3,5-8,13,24H,4,9-12,14H2,1H3;1-2H3. The first kappa shape index (κ1) is 20.7. The fourth-order valence-electron chi connectivity index (χ4n) is 3.02. The lowest BCUT2D eigenvalue weighted by Gasteiger charge is -2.24. The molecule has 2 aromatic rings. The maximum absolute atomic E-state index is 11.2. The number of carbonyl (C=O) groups is 1. The molecule has 1 saturated heterocycles. The first-order valence-electron chi connectivity index (χ1n) is 9.46. The van der Waals surface area contributed by atoms with Crippen molar-refractivity contribution in [3.8, 4) is 11.5 Å². The number of benzene rings is 1. The van der Waals surface area contributed by atoms with Gasteiger partial charge in [-0.1, -0.05) is 26.0 Å². The van der Waals surface area contributed by atoms with Crippen LogP contribution >= 0.6 is 0 Å². The smallest absolute Gasteiger partial charge is 0.157 e. The van der Waals surface area contributed by atoms with Gasteiger partial charge in [0.25, 0.3) is 0 Å². The Kier molecular flexibility index (Phi) is 8.07. The Hall–Kier alpha value is -2.60. The number of ether oxygens (including phenoxy) is 1. The van der Waals surface area contributed by atoms with Crippen LogP contribution in [-0.4, -0.2) is 54.5 Å². The quantitative estimate of drug-likeness (QED) is 0.813. The molecule has 0 atom stereocenters. The van der Waals surface area contributed by atoms with Gasteiger partial charge in [0.2, 0.25) is 0 Å². The second-order valence-electron chi connectivity index (χ2n) is 6.23. The summed E-state index contributed by atoms with van der Waals surface area (Å²) in [6, 6.07) is 8.68. The molecule has 1 aromatic carbocycles. The zero-order valence-corrected chi connectivity index (χ0v) is 16.4. The predicted molar refractivity (Wildman–Crippen MR) is 108 cm³/mol. The highest BCUT2D eigenvalue weighted by atomic mass is 16.5. The number of phenolic OH excluding ortho intramolecular Hbond substituents is 1. The molecule has 0 unspecified atom stereocenters. The number of likely N-dealkylation sites (N-methyl/N-ethyl adjacent to an activating group) is 1. The molecule has 0 aliphatic carbocycles. The monoisotopic (exact) mass is 371 g/mol. The molecule has 0 spiro atoms. The van der Waals surface area contributed by atoms with Crippen LogP contribution < -0.4 is 9.64 Å². The van der Waals surface area contributed by atoms with Crippen LogP contribution in [0.4, 0.5) is 5.82 Å². The van der Waals surface area contributed by atoms with E-state index >= 15 is 0 Å². The molecule has 0 radical (unpaired) electrons. The van der Waals surface area contributed by atoms with Gasteiger partial charge >= 0.3 is 0 Å². The van der Waals surface area contributed by atoms with Gasteiger partial charge in [-0.15, -0.1) is 0 Å². The Bertz CT molecular complexity index is 736. The topological polar surface area (TPSA) is 65.9 Å². The van der Waals surface area contributed by atoms with E-state index in [-0.39, 0.29) is 11.3 Å². The number of anilines is 1. The minimum absolute atomic E-state index is 0.0746. The first-order valence-corrected chi connectivity index (χ1v) is 9.46. The molecular formula is C21H29N3O3. The Morgan fingerprint density at radius 3 is 2.74 bits per heavy atom. The number of aromatic hydroxyl groups is 1. The van der Waals surface area contributed by atoms with Gasteiger partial charge in [0.05, 0.1) is 5.56 Å². The van der Waals surface area contributed by atoms with Crippen LogP contribution in [0.1, 0.15) is 36.2 Å². The van der Waals surface area contributed by atoms with Gasteiger partial charge in [0, 0.05) is 31.4 Å². The fourth-order valence-corrected chi connectivity index (χ4v) is 3.02. The lowest BCUT2D eigenvalue weighted by atomic mass is 10.2. The van der Waals surface area contributed by atoms with E-state index in [0.29, 0.717) is 18.6 Å². The van der Waals surface area contributed by atoms with E-state index in [9.17, 15) is 9.90 Å². The Morgan fingerprint density at radius 2 is 1.96 bits per heavy atom. The number of carbonyl (C=O) groups excluding carboxylic acids is 1. The minimum atomic E-state index is -0.0746. The minimum Gasteiger partial charge on any atom is -0.507 e. The third-order valence-corrected chi connectivity index (χ3v) is 4.43. The summed E-state index contributed by atoms with van der Waals surface area (Å²) in [5, 5.41) is 9.77. The molecule has 1 aromatic heterocycles. The second-order valence-corrected chi connectivity index (χ2v) is 6.23. The number of pyridine rings is 1. The fraction of sp³-hybridized carbons (Fsp3) is 0.429. The van der Waals surface area contributed by atoms with Gasteiger partial charge in [-0.05, 0) is 38.2 Å². The number of aldehydes is 1. The zero-order valence-electron chi connectivity index (χ0n) is 16.4. The highest BCUT2D eigenvalue weighted by Gasteiger charge is 2.17. The van der Waals surface area contributed by atoms with Crippen LogP contribution in [-0.2, 0) is 6.61 Å². The molecule has 3 rings (SSSR count). The van der Waals surface area contributed by atoms with Crippen molar-refractivity contribution in [3.63, 3.8) is 0 Å². The summed E-state index contributed by atoms with van der Waals surface area (Å²) < 4.78 is 5.81. The summed E-state index contributed by atoms with van der Waals surface area (Å²) in [5.74, 6) is 1.22. The van der Waals surface area contributed by atoms with Crippen LogP contribution in [0.2, 0.25) is 0 Å². The second kappa shape index (κ2) is 10.5. The Morgan fingerprint density at radius 1 is 1.15 bits per heavy atom. The van der Waals surface area contributed by atoms with E-state index in [1.165, 1.54) is 6.07 Å². The van der Waals surface area contributed by atoms with Gasteiger partial charge in [0.15, 0.2) is 6.29 Å². The summed E-state index contributed by atoms with van der Waals surface area (Å²) in [5.41, 5.74) is 1.14. The third-order valence-electron chi connectivity index (χ3n) is 4.43. The average molecular weight is 371 g/mol. The normalized spacial score (nSPS) is 14.7. The molecule has 0 amide bonds. The molecule has 146 valence electrons. The Balaban J connectivity index is 0.00000126. The van der Waals surface area contributed by atoms with Crippen LogP contribution in [0.15, 0.2) is 36.5 Å². The summed E-state index contributed by atoms with van der Waals surface area (Å²) in [6.45, 7) is 8.26. The van der Waals surface area contributed by atoms with Gasteiger partial charge in [-0.3, -0.25) is 4.79 Å². The van der Waals surface area contributed by atoms with Crippen LogP contribution in [0.5, 0.6) is 11.5 Å². The van der Waals surface area contributed by atoms with Gasteiger partial charge < -0.3 is 19.6 Å². The van der Waals surface area contributed by atoms with Gasteiger partial charge in [-0.25, -0.2) is 4.98 Å². The van der Waals surface area contributed by atoms with Crippen molar-refractivity contribution < 1.29 is 14.6 Å². The van der Waals surface area contributed by atoms with E-state index in [2.05, 4.69) is 21.8 Å². The van der Waals surface area contributed by atoms with Crippen molar-refractivity contribution in [2.45, 2.75) is 26.9 Å². The molecule has 27 heavy (non-hydrogen) atoms. The van der Waals surface area contributed by atoms with Crippen molar-refractivity contribution in [2.24, 2.45) is 0 Å². The van der Waals surface area contributed by atoms with Crippen LogP contribution in [0.25, 0.3) is 0 Å². The van der Waals surface area contributed by atoms with E-state index in [0.717, 1.165) is 44.0 Å². The molecule has 1 aliphatic rings. The molecular weight excluding hydrogens is 342 g/mol. The van der Waals surface area contributed by atoms with Crippen molar-refractivity contribution in [1.29, 1.82) is 0 Å². The maximum Gasteiger partial charge on any atom is 0.157 e. The van der Waals surface area contributed by atoms with Crippen molar-refractivity contribution in [3.05, 3.63) is 47.7 Å². The predicted octanol–water partition coefficient (Wildman–Crippen LogP) is 3.35. The number of rotatable bonds is 5. The molecule has 1 N–H and O–H groups in total. The SMILES string of the molecule is CC.CN1CCCN(c2ncccc2COc2cccc(O)c2C=O)CC1. The highest BCUT2D eigenvalue weighted by molar-refractivity contribution is 5.83. The number of hydrogen-bond acceptors (Lipinski definition) is 6. The number of aromatic nitrogens is 1. The van der Waals surface area contributed by atoms with Crippen LogP contribution in [0, 0.1) is 0 Å². The molecule has 1 fully saturated rings. The first-order chi connectivity index (χ1) is 13.2. The number of hydrogen-bond donors (Lipinski definition) is 1. The zero-order chi connectivity index (χ0) is 19.6. The summed E-state index contributed by atoms with van der Waals surface area (Å²) in [6.07, 6.45) is 3.49.